The lowest BCUT2D eigenvalue weighted by molar-refractivity contribution is -0.192. The van der Waals surface area contributed by atoms with E-state index in [2.05, 4.69) is 4.90 Å². The standard InChI is InChI=1S/C16H28N2O4S.C2HF3O2/c1-23(20,21)12-16(19)18-10-14-9-17(6-7-22-15(14)11-18)8-13-4-2-3-5-13;3-2(4,5)1(6)7/h13-15H,2-12H2,1H3;(H,6,7)/t14-,15+;/m0./s1. The van der Waals surface area contributed by atoms with E-state index in [9.17, 15) is 26.4 Å². The van der Waals surface area contributed by atoms with Crippen molar-refractivity contribution in [1.82, 2.24) is 9.80 Å². The second-order valence-corrected chi connectivity index (χ2v) is 10.4. The molecule has 8 nitrogen and oxygen atoms in total. The lowest BCUT2D eigenvalue weighted by atomic mass is 10.0. The number of likely N-dealkylation sites (tertiary alicyclic amines) is 1. The quantitative estimate of drug-likeness (QED) is 0.671. The van der Waals surface area contributed by atoms with Crippen molar-refractivity contribution in [3.63, 3.8) is 0 Å². The van der Waals surface area contributed by atoms with Gasteiger partial charge in [0.1, 0.15) is 5.75 Å². The number of fused-ring (bicyclic) bond motifs is 1. The zero-order valence-electron chi connectivity index (χ0n) is 16.9. The van der Waals surface area contributed by atoms with E-state index in [0.717, 1.165) is 31.8 Å². The van der Waals surface area contributed by atoms with E-state index >= 15 is 0 Å². The summed E-state index contributed by atoms with van der Waals surface area (Å²) in [5.74, 6) is -2.31. The maximum Gasteiger partial charge on any atom is 0.490 e. The Kier molecular flexibility index (Phi) is 8.51. The van der Waals surface area contributed by atoms with Crippen LogP contribution in [0.25, 0.3) is 0 Å². The number of sulfone groups is 1. The fourth-order valence-corrected chi connectivity index (χ4v) is 4.84. The number of aliphatic carboxylic acids is 1. The van der Waals surface area contributed by atoms with Crippen molar-refractivity contribution >= 4 is 21.7 Å². The predicted octanol–water partition coefficient (Wildman–Crippen LogP) is 1.01. The summed E-state index contributed by atoms with van der Waals surface area (Å²) in [7, 11) is -3.27. The van der Waals surface area contributed by atoms with Crippen LogP contribution in [-0.4, -0.2) is 98.8 Å². The molecular weight excluding hydrogens is 429 g/mol. The fraction of sp³-hybridized carbons (Fsp3) is 0.889. The number of rotatable bonds is 4. The molecule has 3 fully saturated rings. The van der Waals surface area contributed by atoms with Crippen molar-refractivity contribution in [2.45, 2.75) is 38.0 Å². The number of carbonyl (C=O) groups excluding carboxylic acids is 1. The van der Waals surface area contributed by atoms with Crippen LogP contribution in [0.15, 0.2) is 0 Å². The summed E-state index contributed by atoms with van der Waals surface area (Å²) in [6.45, 7) is 4.95. The Morgan fingerprint density at radius 1 is 1.13 bits per heavy atom. The number of carboxylic acids is 1. The van der Waals surface area contributed by atoms with Crippen LogP contribution in [-0.2, 0) is 24.2 Å². The van der Waals surface area contributed by atoms with Crippen LogP contribution < -0.4 is 0 Å². The number of carboxylic acid groups (broad SMARTS) is 1. The molecule has 0 radical (unpaired) electrons. The Bertz CT molecular complexity index is 709. The van der Waals surface area contributed by atoms with Gasteiger partial charge < -0.3 is 19.6 Å². The Morgan fingerprint density at radius 3 is 2.27 bits per heavy atom. The van der Waals surface area contributed by atoms with Gasteiger partial charge in [0.25, 0.3) is 0 Å². The van der Waals surface area contributed by atoms with Crippen LogP contribution in [0.2, 0.25) is 0 Å². The molecule has 0 aromatic heterocycles. The minimum absolute atomic E-state index is 0.0621. The van der Waals surface area contributed by atoms with E-state index in [0.29, 0.717) is 25.6 Å². The molecule has 1 saturated carbocycles. The van der Waals surface area contributed by atoms with Crippen molar-refractivity contribution in [3.05, 3.63) is 0 Å². The molecule has 2 atom stereocenters. The van der Waals surface area contributed by atoms with Crippen molar-refractivity contribution in [1.29, 1.82) is 0 Å². The molecule has 0 aromatic rings. The minimum Gasteiger partial charge on any atom is -0.475 e. The predicted molar refractivity (Wildman–Crippen MR) is 102 cm³/mol. The summed E-state index contributed by atoms with van der Waals surface area (Å²) < 4.78 is 60.3. The lowest BCUT2D eigenvalue weighted by Gasteiger charge is -2.26. The fourth-order valence-electron chi connectivity index (χ4n) is 4.20. The van der Waals surface area contributed by atoms with Gasteiger partial charge >= 0.3 is 12.1 Å². The van der Waals surface area contributed by atoms with Crippen LogP contribution in [0, 0.1) is 11.8 Å². The van der Waals surface area contributed by atoms with Gasteiger partial charge in [0.2, 0.25) is 5.91 Å². The zero-order valence-corrected chi connectivity index (χ0v) is 17.8. The van der Waals surface area contributed by atoms with Crippen LogP contribution in [0.4, 0.5) is 13.2 Å². The van der Waals surface area contributed by atoms with Gasteiger partial charge in [-0.05, 0) is 18.8 Å². The number of ether oxygens (including phenoxy) is 1. The van der Waals surface area contributed by atoms with E-state index in [4.69, 9.17) is 14.6 Å². The molecule has 2 aliphatic heterocycles. The average molecular weight is 458 g/mol. The number of halogens is 3. The molecule has 0 aromatic carbocycles. The molecule has 0 spiro atoms. The van der Waals surface area contributed by atoms with Crippen molar-refractivity contribution in [2.75, 3.05) is 51.3 Å². The summed E-state index contributed by atoms with van der Waals surface area (Å²) in [5, 5.41) is 7.12. The highest BCUT2D eigenvalue weighted by atomic mass is 32.2. The molecule has 2 heterocycles. The molecule has 174 valence electrons. The van der Waals surface area contributed by atoms with Crippen LogP contribution in [0.3, 0.4) is 0 Å². The van der Waals surface area contributed by atoms with Gasteiger partial charge in [-0.2, -0.15) is 13.2 Å². The summed E-state index contributed by atoms with van der Waals surface area (Å²) >= 11 is 0. The minimum atomic E-state index is -5.08. The first kappa shape index (κ1) is 24.9. The maximum atomic E-state index is 12.1. The van der Waals surface area contributed by atoms with Gasteiger partial charge in [-0.15, -0.1) is 0 Å². The third kappa shape index (κ3) is 8.03. The van der Waals surface area contributed by atoms with Crippen molar-refractivity contribution < 1.29 is 41.0 Å². The zero-order chi connectivity index (χ0) is 22.5. The molecule has 0 unspecified atom stereocenters. The van der Waals surface area contributed by atoms with Crippen molar-refractivity contribution in [2.24, 2.45) is 11.8 Å². The second-order valence-electron chi connectivity index (χ2n) is 8.25. The lowest BCUT2D eigenvalue weighted by Crippen LogP contribution is -2.37. The molecule has 2 saturated heterocycles. The largest absolute Gasteiger partial charge is 0.490 e. The summed E-state index contributed by atoms with van der Waals surface area (Å²) in [6, 6.07) is 0. The SMILES string of the molecule is CS(=O)(=O)CC(=O)N1C[C@@H]2CN(CC3CCCC3)CCO[C@@H]2C1.O=C(O)C(F)(F)F. The Hall–Kier alpha value is -1.40. The Labute approximate surface area is 174 Å². The first-order valence-electron chi connectivity index (χ1n) is 9.94. The first-order valence-corrected chi connectivity index (χ1v) is 12.0. The van der Waals surface area contributed by atoms with E-state index in [1.165, 1.54) is 25.7 Å². The molecule has 30 heavy (non-hydrogen) atoms. The molecule has 0 bridgehead atoms. The highest BCUT2D eigenvalue weighted by Gasteiger charge is 2.39. The number of alkyl halides is 3. The molecule has 1 amide bonds. The van der Waals surface area contributed by atoms with Gasteiger partial charge in [0, 0.05) is 44.9 Å². The van der Waals surface area contributed by atoms with Crippen LogP contribution in [0.5, 0.6) is 0 Å². The summed E-state index contributed by atoms with van der Waals surface area (Å²) in [5.41, 5.74) is 0. The Balaban J connectivity index is 0.000000396. The van der Waals surface area contributed by atoms with Crippen molar-refractivity contribution in [3.8, 4) is 0 Å². The smallest absolute Gasteiger partial charge is 0.475 e. The van der Waals surface area contributed by atoms with Gasteiger partial charge in [0.05, 0.1) is 12.7 Å². The molecular formula is C18H29F3N2O6S. The Morgan fingerprint density at radius 2 is 1.73 bits per heavy atom. The number of hydrogen-bond donors (Lipinski definition) is 1. The van der Waals surface area contributed by atoms with Gasteiger partial charge in [-0.25, -0.2) is 13.2 Å². The summed E-state index contributed by atoms with van der Waals surface area (Å²) in [4.78, 5) is 25.2. The number of hydrogen-bond acceptors (Lipinski definition) is 6. The topological polar surface area (TPSA) is 104 Å². The highest BCUT2D eigenvalue weighted by molar-refractivity contribution is 7.91. The average Bonchev–Trinajstić information content (AvgIpc) is 3.20. The monoisotopic (exact) mass is 458 g/mol. The molecule has 3 rings (SSSR count). The second kappa shape index (κ2) is 10.3. The van der Waals surface area contributed by atoms with Gasteiger partial charge in [-0.3, -0.25) is 4.79 Å². The molecule has 1 N–H and O–H groups in total. The summed E-state index contributed by atoms with van der Waals surface area (Å²) in [6.07, 6.45) is 1.48. The van der Waals surface area contributed by atoms with Gasteiger partial charge in [-0.1, -0.05) is 12.8 Å². The third-order valence-corrected chi connectivity index (χ3v) is 6.36. The number of amides is 1. The molecule has 12 heteroatoms. The normalized spacial score (nSPS) is 25.9. The van der Waals surface area contributed by atoms with E-state index in [-0.39, 0.29) is 12.0 Å². The third-order valence-electron chi connectivity index (χ3n) is 5.59. The van der Waals surface area contributed by atoms with Gasteiger partial charge in [0.15, 0.2) is 9.84 Å². The molecule has 1 aliphatic carbocycles. The highest BCUT2D eigenvalue weighted by Crippen LogP contribution is 2.28. The number of nitrogens with zero attached hydrogens (tertiary/aromatic N) is 2. The van der Waals surface area contributed by atoms with E-state index < -0.39 is 27.7 Å². The molecule has 3 aliphatic rings. The van der Waals surface area contributed by atoms with Crippen LogP contribution >= 0.6 is 0 Å². The number of carbonyl (C=O) groups is 2. The van der Waals surface area contributed by atoms with Crippen LogP contribution in [0.1, 0.15) is 25.7 Å². The first-order chi connectivity index (χ1) is 13.8. The van der Waals surface area contributed by atoms with E-state index in [1.807, 2.05) is 0 Å². The maximum absolute atomic E-state index is 12.1. The van der Waals surface area contributed by atoms with E-state index in [1.54, 1.807) is 4.90 Å².